The van der Waals surface area contributed by atoms with Crippen LogP contribution in [0.2, 0.25) is 0 Å². The van der Waals surface area contributed by atoms with Crippen molar-refractivity contribution in [2.75, 3.05) is 6.67 Å². The largest absolute Gasteiger partial charge is 0.236 e. The molecule has 0 fully saturated rings. The second kappa shape index (κ2) is 16.4. The Morgan fingerprint density at radius 1 is 1.00 bits per heavy atom. The van der Waals surface area contributed by atoms with Crippen LogP contribution in [0.5, 0.6) is 0 Å². The minimum atomic E-state index is -0.160. The maximum absolute atomic E-state index is 9.20. The number of aliphatic imine (C=N–C) groups is 2. The average Bonchev–Trinajstić information content (AvgIpc) is 2.08. The third kappa shape index (κ3) is 23.3. The summed E-state index contributed by atoms with van der Waals surface area (Å²) < 4.78 is 0. The lowest BCUT2D eigenvalue weighted by molar-refractivity contribution is 0.560. The van der Waals surface area contributed by atoms with Gasteiger partial charge in [0, 0.05) is 0 Å². The Hall–Kier alpha value is -1.24. The molecule has 0 radical (unpaired) electrons. The quantitative estimate of drug-likeness (QED) is 0.477. The van der Waals surface area contributed by atoms with Crippen molar-refractivity contribution in [2.24, 2.45) is 9.98 Å². The number of isocyanates is 2. The SMILES string of the molecule is CCCCC.O=C=NCN=C=O. The topological polar surface area (TPSA) is 58.9 Å². The van der Waals surface area contributed by atoms with Crippen LogP contribution in [0.25, 0.3) is 0 Å². The molecule has 0 aliphatic rings. The van der Waals surface area contributed by atoms with Gasteiger partial charge in [-0.15, -0.1) is 0 Å². The first kappa shape index (κ1) is 13.4. The summed E-state index contributed by atoms with van der Waals surface area (Å²) >= 11 is 0. The lowest BCUT2D eigenvalue weighted by Gasteiger charge is -1.79. The molecule has 0 aromatic rings. The van der Waals surface area contributed by atoms with Crippen LogP contribution >= 0.6 is 0 Å². The zero-order valence-electron chi connectivity index (χ0n) is 7.54. The first-order chi connectivity index (χ1) is 5.83. The van der Waals surface area contributed by atoms with E-state index >= 15 is 0 Å². The maximum atomic E-state index is 9.20. The summed E-state index contributed by atoms with van der Waals surface area (Å²) in [4.78, 5) is 24.2. The van der Waals surface area contributed by atoms with Gasteiger partial charge < -0.3 is 0 Å². The van der Waals surface area contributed by atoms with Crippen LogP contribution < -0.4 is 0 Å². The van der Waals surface area contributed by atoms with Crippen molar-refractivity contribution in [3.05, 3.63) is 0 Å². The fourth-order valence-corrected chi connectivity index (χ4v) is 0.447. The first-order valence-corrected chi connectivity index (χ1v) is 3.90. The summed E-state index contributed by atoms with van der Waals surface area (Å²) in [7, 11) is 0. The molecule has 0 unspecified atom stereocenters. The summed E-state index contributed by atoms with van der Waals surface area (Å²) in [6, 6.07) is 0. The van der Waals surface area contributed by atoms with Gasteiger partial charge in [0.1, 0.15) is 0 Å². The zero-order chi connectivity index (χ0) is 9.66. The van der Waals surface area contributed by atoms with Gasteiger partial charge in [-0.05, 0) is 0 Å². The highest BCUT2D eigenvalue weighted by Crippen LogP contribution is 1.88. The lowest BCUT2D eigenvalue weighted by Crippen LogP contribution is -1.66. The van der Waals surface area contributed by atoms with Gasteiger partial charge in [-0.3, -0.25) is 0 Å². The smallest absolute Gasteiger partial charge is 0.211 e. The highest BCUT2D eigenvalue weighted by Gasteiger charge is 1.68. The van der Waals surface area contributed by atoms with Crippen molar-refractivity contribution < 1.29 is 9.59 Å². The standard InChI is InChI=1S/C5H12.C3H2N2O2/c1-3-5-4-2;6-2-4-1-5-3-7/h3-5H2,1-2H3;1H2. The fourth-order valence-electron chi connectivity index (χ4n) is 0.447. The van der Waals surface area contributed by atoms with E-state index < -0.39 is 0 Å². The van der Waals surface area contributed by atoms with Crippen LogP contribution in [0.1, 0.15) is 33.1 Å². The van der Waals surface area contributed by atoms with Crippen molar-refractivity contribution >= 4 is 12.2 Å². The van der Waals surface area contributed by atoms with Gasteiger partial charge in [0.05, 0.1) is 0 Å². The predicted octanol–water partition coefficient (Wildman–Crippen LogP) is 1.81. The highest BCUT2D eigenvalue weighted by molar-refractivity contribution is 5.35. The summed E-state index contributed by atoms with van der Waals surface area (Å²) in [5.74, 6) is 0. The van der Waals surface area contributed by atoms with E-state index in [0.29, 0.717) is 0 Å². The van der Waals surface area contributed by atoms with E-state index in [0.717, 1.165) is 0 Å². The normalized spacial score (nSPS) is 6.83. The van der Waals surface area contributed by atoms with E-state index in [1.165, 1.54) is 31.4 Å². The van der Waals surface area contributed by atoms with Crippen molar-refractivity contribution in [1.29, 1.82) is 0 Å². The third-order valence-corrected chi connectivity index (χ3v) is 0.978. The predicted molar refractivity (Wildman–Crippen MR) is 46.3 cm³/mol. The van der Waals surface area contributed by atoms with Crippen molar-refractivity contribution in [3.8, 4) is 0 Å². The molecule has 0 bridgehead atoms. The summed E-state index contributed by atoms with van der Waals surface area (Å²) in [5, 5.41) is 0. The van der Waals surface area contributed by atoms with Crippen LogP contribution in [0.4, 0.5) is 0 Å². The molecule has 0 atom stereocenters. The Balaban J connectivity index is 0. The van der Waals surface area contributed by atoms with Gasteiger partial charge in [-0.2, -0.15) is 9.98 Å². The van der Waals surface area contributed by atoms with Gasteiger partial charge in [-0.1, -0.05) is 33.1 Å². The highest BCUT2D eigenvalue weighted by atomic mass is 16.1. The molecule has 0 aromatic heterocycles. The molecule has 0 spiro atoms. The molecule has 0 heterocycles. The third-order valence-electron chi connectivity index (χ3n) is 0.978. The molecule has 0 rings (SSSR count). The number of hydrogen-bond donors (Lipinski definition) is 0. The van der Waals surface area contributed by atoms with Crippen LogP contribution in [-0.2, 0) is 9.59 Å². The summed E-state index contributed by atoms with van der Waals surface area (Å²) in [6.07, 6.45) is 6.49. The molecule has 4 nitrogen and oxygen atoms in total. The van der Waals surface area contributed by atoms with Crippen LogP contribution in [0.3, 0.4) is 0 Å². The monoisotopic (exact) mass is 170 g/mol. The Morgan fingerprint density at radius 3 is 1.58 bits per heavy atom. The van der Waals surface area contributed by atoms with Crippen LogP contribution in [0.15, 0.2) is 9.98 Å². The van der Waals surface area contributed by atoms with Crippen molar-refractivity contribution in [2.45, 2.75) is 33.1 Å². The number of carbonyl (C=O) groups excluding carboxylic acids is 2. The minimum Gasteiger partial charge on any atom is -0.211 e. The Labute approximate surface area is 72.4 Å². The van der Waals surface area contributed by atoms with E-state index in [9.17, 15) is 9.59 Å². The van der Waals surface area contributed by atoms with Gasteiger partial charge in [0.2, 0.25) is 12.2 Å². The fraction of sp³-hybridized carbons (Fsp3) is 0.750. The number of rotatable bonds is 4. The summed E-state index contributed by atoms with van der Waals surface area (Å²) in [5.41, 5.74) is 0. The van der Waals surface area contributed by atoms with Crippen molar-refractivity contribution in [3.63, 3.8) is 0 Å². The Morgan fingerprint density at radius 2 is 1.42 bits per heavy atom. The first-order valence-electron chi connectivity index (χ1n) is 3.90. The van der Waals surface area contributed by atoms with Crippen LogP contribution in [-0.4, -0.2) is 18.8 Å². The molecular weight excluding hydrogens is 156 g/mol. The molecular formula is C8H14N2O2. The molecule has 0 aliphatic heterocycles. The molecule has 4 heteroatoms. The molecule has 0 aromatic carbocycles. The van der Waals surface area contributed by atoms with E-state index in [1.807, 2.05) is 0 Å². The van der Waals surface area contributed by atoms with Crippen LogP contribution in [0, 0.1) is 0 Å². The molecule has 0 amide bonds. The molecule has 0 aliphatic carbocycles. The van der Waals surface area contributed by atoms with E-state index in [1.54, 1.807) is 0 Å². The van der Waals surface area contributed by atoms with Gasteiger partial charge >= 0.3 is 0 Å². The second-order valence-electron chi connectivity index (χ2n) is 1.99. The van der Waals surface area contributed by atoms with Gasteiger partial charge in [0.15, 0.2) is 6.67 Å². The molecule has 0 N–H and O–H groups in total. The lowest BCUT2D eigenvalue weighted by atomic mass is 10.3. The van der Waals surface area contributed by atoms with E-state index in [2.05, 4.69) is 23.8 Å². The second-order valence-corrected chi connectivity index (χ2v) is 1.99. The number of hydrogen-bond acceptors (Lipinski definition) is 4. The molecule has 12 heavy (non-hydrogen) atoms. The van der Waals surface area contributed by atoms with Gasteiger partial charge in [-0.25, -0.2) is 9.59 Å². The van der Waals surface area contributed by atoms with Gasteiger partial charge in [0.25, 0.3) is 0 Å². The zero-order valence-corrected chi connectivity index (χ0v) is 7.54. The average molecular weight is 170 g/mol. The minimum absolute atomic E-state index is 0.160. The summed E-state index contributed by atoms with van der Waals surface area (Å²) in [6.45, 7) is 4.26. The molecule has 0 saturated carbocycles. The van der Waals surface area contributed by atoms with Crippen molar-refractivity contribution in [1.82, 2.24) is 0 Å². The number of unbranched alkanes of at least 4 members (excludes halogenated alkanes) is 2. The Kier molecular flexibility index (Phi) is 18.2. The van der Waals surface area contributed by atoms with E-state index in [4.69, 9.17) is 0 Å². The maximum Gasteiger partial charge on any atom is 0.236 e. The van der Waals surface area contributed by atoms with E-state index in [-0.39, 0.29) is 6.67 Å². The Bertz CT molecular complexity index is 150. The molecule has 0 saturated heterocycles. The number of nitrogens with zero attached hydrogens (tertiary/aromatic N) is 2. The molecule has 68 valence electrons.